The SMILES string of the molecule is CC(C)Oc1cccc(OC(C)C)c1-c1cccc2c1[P@@](C(C)(C)C)CO2. The summed E-state index contributed by atoms with van der Waals surface area (Å²) in [6.45, 7) is 15.1. The van der Waals surface area contributed by atoms with Gasteiger partial charge in [0.05, 0.1) is 17.8 Å². The Hall–Kier alpha value is -1.73. The molecule has 0 N–H and O–H groups in total. The van der Waals surface area contributed by atoms with Gasteiger partial charge in [-0.2, -0.15) is 0 Å². The highest BCUT2D eigenvalue weighted by atomic mass is 31.1. The van der Waals surface area contributed by atoms with E-state index >= 15 is 0 Å². The highest BCUT2D eigenvalue weighted by Crippen LogP contribution is 2.57. The highest BCUT2D eigenvalue weighted by Gasteiger charge is 2.36. The van der Waals surface area contributed by atoms with Crippen LogP contribution in [0.4, 0.5) is 0 Å². The first-order valence-electron chi connectivity index (χ1n) is 9.68. The number of hydrogen-bond donors (Lipinski definition) is 0. The average molecular weight is 386 g/mol. The fourth-order valence-corrected chi connectivity index (χ4v) is 5.67. The summed E-state index contributed by atoms with van der Waals surface area (Å²) in [5, 5.41) is 1.50. The van der Waals surface area contributed by atoms with Crippen LogP contribution >= 0.6 is 7.92 Å². The van der Waals surface area contributed by atoms with Crippen molar-refractivity contribution < 1.29 is 14.2 Å². The summed E-state index contributed by atoms with van der Waals surface area (Å²) in [6.07, 6.45) is 0.962. The van der Waals surface area contributed by atoms with Crippen LogP contribution in [0.15, 0.2) is 36.4 Å². The molecule has 146 valence electrons. The Bertz CT molecular complexity index is 778. The Morgan fingerprint density at radius 2 is 1.44 bits per heavy atom. The molecule has 0 spiro atoms. The molecule has 0 saturated heterocycles. The third-order valence-electron chi connectivity index (χ3n) is 4.41. The molecule has 1 atom stereocenters. The Balaban J connectivity index is 2.24. The molecule has 4 heteroatoms. The van der Waals surface area contributed by atoms with Gasteiger partial charge in [0.2, 0.25) is 0 Å². The zero-order valence-electron chi connectivity index (χ0n) is 17.5. The number of hydrogen-bond acceptors (Lipinski definition) is 3. The predicted molar refractivity (Wildman–Crippen MR) is 115 cm³/mol. The van der Waals surface area contributed by atoms with Crippen molar-refractivity contribution in [3.63, 3.8) is 0 Å². The van der Waals surface area contributed by atoms with Gasteiger partial charge in [0.25, 0.3) is 0 Å². The molecule has 1 aliphatic heterocycles. The highest BCUT2D eigenvalue weighted by molar-refractivity contribution is 7.67. The van der Waals surface area contributed by atoms with Gasteiger partial charge in [-0.25, -0.2) is 0 Å². The molecule has 0 aliphatic carbocycles. The number of fused-ring (bicyclic) bond motifs is 1. The zero-order chi connectivity index (χ0) is 19.8. The fourth-order valence-electron chi connectivity index (χ4n) is 3.33. The van der Waals surface area contributed by atoms with Crippen LogP contribution in [-0.4, -0.2) is 23.7 Å². The average Bonchev–Trinajstić information content (AvgIpc) is 2.98. The van der Waals surface area contributed by atoms with Gasteiger partial charge in [0, 0.05) is 10.9 Å². The maximum atomic E-state index is 6.19. The van der Waals surface area contributed by atoms with Crippen LogP contribution in [0.3, 0.4) is 0 Å². The van der Waals surface area contributed by atoms with Crippen LogP contribution in [-0.2, 0) is 0 Å². The largest absolute Gasteiger partial charge is 0.490 e. The molecule has 1 heterocycles. The summed E-state index contributed by atoms with van der Waals surface area (Å²) >= 11 is 0. The van der Waals surface area contributed by atoms with E-state index in [1.54, 1.807) is 0 Å². The lowest BCUT2D eigenvalue weighted by Crippen LogP contribution is -2.19. The molecule has 1 aliphatic rings. The standard InChI is InChI=1S/C23H31O3P/c1-15(2)25-18-11-9-12-19(26-16(3)4)21(18)17-10-8-13-20-22(17)27(14-24-20)23(5,6)7/h8-13,15-16H,14H2,1-7H3/t27-/m0/s1. The van der Waals surface area contributed by atoms with Gasteiger partial charge >= 0.3 is 0 Å². The van der Waals surface area contributed by atoms with Crippen molar-refractivity contribution in [1.29, 1.82) is 0 Å². The van der Waals surface area contributed by atoms with E-state index in [2.05, 4.69) is 66.7 Å². The molecule has 0 radical (unpaired) electrons. The van der Waals surface area contributed by atoms with Gasteiger partial charge in [-0.05, 0) is 59.0 Å². The first-order valence-corrected chi connectivity index (χ1v) is 11.2. The minimum absolute atomic E-state index is 0.0928. The monoisotopic (exact) mass is 386 g/mol. The molecule has 3 rings (SSSR count). The molecule has 2 aromatic carbocycles. The second-order valence-corrected chi connectivity index (χ2v) is 11.4. The molecular formula is C23H31O3P. The molecule has 0 unspecified atom stereocenters. The Morgan fingerprint density at radius 1 is 0.889 bits per heavy atom. The third kappa shape index (κ3) is 4.24. The predicted octanol–water partition coefficient (Wildman–Crippen LogP) is 6.18. The molecule has 0 bridgehead atoms. The molecule has 0 saturated carbocycles. The smallest absolute Gasteiger partial charge is 0.131 e. The zero-order valence-corrected chi connectivity index (χ0v) is 18.4. The van der Waals surface area contributed by atoms with E-state index in [0.29, 0.717) is 0 Å². The van der Waals surface area contributed by atoms with Crippen LogP contribution < -0.4 is 19.5 Å². The van der Waals surface area contributed by atoms with E-state index in [0.717, 1.165) is 29.2 Å². The second-order valence-electron chi connectivity index (χ2n) is 8.49. The van der Waals surface area contributed by atoms with E-state index in [1.165, 1.54) is 10.9 Å². The first-order chi connectivity index (χ1) is 12.7. The van der Waals surface area contributed by atoms with Gasteiger partial charge in [0.15, 0.2) is 0 Å². The molecule has 0 aromatic heterocycles. The van der Waals surface area contributed by atoms with E-state index in [-0.39, 0.29) is 17.4 Å². The lowest BCUT2D eigenvalue weighted by atomic mass is 10.0. The maximum Gasteiger partial charge on any atom is 0.131 e. The van der Waals surface area contributed by atoms with Crippen LogP contribution in [0.5, 0.6) is 17.2 Å². The van der Waals surface area contributed by atoms with E-state index < -0.39 is 7.92 Å². The second kappa shape index (κ2) is 7.72. The fraction of sp³-hybridized carbons (Fsp3) is 0.478. The van der Waals surface area contributed by atoms with Crippen molar-refractivity contribution in [2.24, 2.45) is 0 Å². The van der Waals surface area contributed by atoms with E-state index in [9.17, 15) is 0 Å². The van der Waals surface area contributed by atoms with E-state index in [4.69, 9.17) is 14.2 Å². The molecule has 3 nitrogen and oxygen atoms in total. The van der Waals surface area contributed by atoms with Crippen molar-refractivity contribution in [1.82, 2.24) is 0 Å². The van der Waals surface area contributed by atoms with Crippen LogP contribution in [0.1, 0.15) is 48.5 Å². The number of rotatable bonds is 5. The summed E-state index contributed by atoms with van der Waals surface area (Å²) in [6, 6.07) is 12.4. The number of ether oxygens (including phenoxy) is 3. The molecular weight excluding hydrogens is 355 g/mol. The quantitative estimate of drug-likeness (QED) is 0.574. The third-order valence-corrected chi connectivity index (χ3v) is 7.42. The number of benzene rings is 2. The maximum absolute atomic E-state index is 6.19. The van der Waals surface area contributed by atoms with Gasteiger partial charge < -0.3 is 14.2 Å². The van der Waals surface area contributed by atoms with E-state index in [1.807, 2.05) is 18.2 Å². The van der Waals surface area contributed by atoms with Crippen LogP contribution in [0.2, 0.25) is 0 Å². The molecule has 0 fully saturated rings. The summed E-state index contributed by atoms with van der Waals surface area (Å²) in [7, 11) is -0.445. The first kappa shape index (κ1) is 20.0. The summed E-state index contributed by atoms with van der Waals surface area (Å²) in [5.41, 5.74) is 2.22. The lowest BCUT2D eigenvalue weighted by Gasteiger charge is -2.28. The van der Waals surface area contributed by atoms with Crippen molar-refractivity contribution in [3.05, 3.63) is 36.4 Å². The Morgan fingerprint density at radius 3 is 1.96 bits per heavy atom. The summed E-state index contributed by atoms with van der Waals surface area (Å²) in [5.74, 6) is 2.74. The van der Waals surface area contributed by atoms with Gasteiger partial charge in [-0.3, -0.25) is 0 Å². The van der Waals surface area contributed by atoms with Crippen molar-refractivity contribution in [2.45, 2.75) is 65.8 Å². The molecule has 0 amide bonds. The van der Waals surface area contributed by atoms with Crippen LogP contribution in [0, 0.1) is 0 Å². The Kier molecular flexibility index (Phi) is 5.72. The molecule has 27 heavy (non-hydrogen) atoms. The van der Waals surface area contributed by atoms with Crippen LogP contribution in [0.25, 0.3) is 11.1 Å². The van der Waals surface area contributed by atoms with Gasteiger partial charge in [-0.15, -0.1) is 0 Å². The van der Waals surface area contributed by atoms with Gasteiger partial charge in [0.1, 0.15) is 23.6 Å². The summed E-state index contributed by atoms with van der Waals surface area (Å²) < 4.78 is 18.5. The topological polar surface area (TPSA) is 27.7 Å². The normalized spacial score (nSPS) is 16.4. The van der Waals surface area contributed by atoms with Crippen molar-refractivity contribution >= 4 is 13.2 Å². The van der Waals surface area contributed by atoms with Crippen molar-refractivity contribution in [3.8, 4) is 28.4 Å². The van der Waals surface area contributed by atoms with Crippen molar-refractivity contribution in [2.75, 3.05) is 6.35 Å². The lowest BCUT2D eigenvalue weighted by molar-refractivity contribution is 0.231. The Labute approximate surface area is 164 Å². The molecule has 2 aromatic rings. The minimum atomic E-state index is -0.445. The van der Waals surface area contributed by atoms with Gasteiger partial charge in [-0.1, -0.05) is 39.0 Å². The minimum Gasteiger partial charge on any atom is -0.490 e. The summed E-state index contributed by atoms with van der Waals surface area (Å²) in [4.78, 5) is 0.